The van der Waals surface area contributed by atoms with Crippen LogP contribution in [0.3, 0.4) is 0 Å². The number of alkyl halides is 6. The Labute approximate surface area is 149 Å². The molecule has 1 saturated carbocycles. The average molecular weight is 392 g/mol. The number of oxime groups is 1. The Balaban J connectivity index is 1.38. The summed E-state index contributed by atoms with van der Waals surface area (Å²) in [4.78, 5) is 17.3. The Hall–Kier alpha value is -2.26. The van der Waals surface area contributed by atoms with Gasteiger partial charge in [0.15, 0.2) is 5.67 Å². The van der Waals surface area contributed by atoms with Gasteiger partial charge < -0.3 is 9.74 Å². The molecule has 0 bridgehead atoms. The van der Waals surface area contributed by atoms with Gasteiger partial charge in [0.05, 0.1) is 18.8 Å². The van der Waals surface area contributed by atoms with E-state index in [1.54, 1.807) is 0 Å². The minimum absolute atomic E-state index is 0.109. The normalized spacial score (nSPS) is 28.2. The van der Waals surface area contributed by atoms with E-state index in [0.717, 1.165) is 4.90 Å². The van der Waals surface area contributed by atoms with Gasteiger partial charge in [-0.2, -0.15) is 13.2 Å². The predicted octanol–water partition coefficient (Wildman–Crippen LogP) is 3.40. The maximum atomic E-state index is 14.9. The Bertz CT molecular complexity index is 799. The van der Waals surface area contributed by atoms with Crippen LogP contribution in [0, 0.1) is 5.92 Å². The summed E-state index contributed by atoms with van der Waals surface area (Å²) in [5, 5.41) is 3.43. The Morgan fingerprint density at radius 3 is 2.22 bits per heavy atom. The predicted molar refractivity (Wildman–Crippen MR) is 80.9 cm³/mol. The van der Waals surface area contributed by atoms with Crippen molar-refractivity contribution in [3.63, 3.8) is 0 Å². The number of amides is 1. The Morgan fingerprint density at radius 2 is 1.74 bits per heavy atom. The maximum absolute atomic E-state index is 14.9. The van der Waals surface area contributed by atoms with Gasteiger partial charge in [-0.3, -0.25) is 4.79 Å². The van der Waals surface area contributed by atoms with E-state index in [0.29, 0.717) is 5.56 Å². The molecule has 0 N–H and O–H groups in total. The average Bonchev–Trinajstić information content (AvgIpc) is 2.98. The Kier molecular flexibility index (Phi) is 3.77. The molecule has 1 aromatic carbocycles. The molecule has 0 aromatic heterocycles. The molecule has 10 heteroatoms. The van der Waals surface area contributed by atoms with E-state index >= 15 is 0 Å². The summed E-state index contributed by atoms with van der Waals surface area (Å²) in [5.41, 5.74) is -1.15. The van der Waals surface area contributed by atoms with Gasteiger partial charge >= 0.3 is 6.18 Å². The van der Waals surface area contributed by atoms with Crippen LogP contribution in [0.1, 0.15) is 24.0 Å². The fraction of sp³-hybridized carbons (Fsp3) is 0.529. The summed E-state index contributed by atoms with van der Waals surface area (Å²) in [7, 11) is 0. The van der Waals surface area contributed by atoms with E-state index in [9.17, 15) is 31.1 Å². The minimum atomic E-state index is -4.52. The van der Waals surface area contributed by atoms with E-state index in [-0.39, 0.29) is 24.4 Å². The van der Waals surface area contributed by atoms with E-state index < -0.39 is 48.5 Å². The van der Waals surface area contributed by atoms with Crippen molar-refractivity contribution in [2.45, 2.75) is 36.7 Å². The topological polar surface area (TPSA) is 41.9 Å². The number of benzene rings is 1. The first kappa shape index (κ1) is 18.1. The molecular formula is C17H14F6N2O2. The van der Waals surface area contributed by atoms with Crippen LogP contribution < -0.4 is 0 Å². The molecular weight excluding hydrogens is 378 g/mol. The highest BCUT2D eigenvalue weighted by atomic mass is 19.4. The zero-order valence-corrected chi connectivity index (χ0v) is 13.8. The lowest BCUT2D eigenvalue weighted by molar-refractivity contribution is -0.212. The van der Waals surface area contributed by atoms with Gasteiger partial charge in [0.2, 0.25) is 12.0 Å². The van der Waals surface area contributed by atoms with Gasteiger partial charge in [-0.25, -0.2) is 13.2 Å². The summed E-state index contributed by atoms with van der Waals surface area (Å²) in [6, 6.07) is 5.65. The highest BCUT2D eigenvalue weighted by Crippen LogP contribution is 2.51. The van der Waals surface area contributed by atoms with Crippen LogP contribution in [-0.2, 0) is 15.3 Å². The van der Waals surface area contributed by atoms with Gasteiger partial charge in [-0.15, -0.1) is 0 Å². The molecule has 4 nitrogen and oxygen atoms in total. The fourth-order valence-corrected chi connectivity index (χ4v) is 3.28. The second-order valence-electron chi connectivity index (χ2n) is 7.13. The molecule has 2 unspecified atom stereocenters. The van der Waals surface area contributed by atoms with Crippen LogP contribution in [0.15, 0.2) is 29.4 Å². The molecule has 146 valence electrons. The van der Waals surface area contributed by atoms with Crippen molar-refractivity contribution in [2.75, 3.05) is 13.1 Å². The largest absolute Gasteiger partial charge is 0.428 e. The molecule has 1 saturated heterocycles. The van der Waals surface area contributed by atoms with Gasteiger partial charge in [0, 0.05) is 12.8 Å². The van der Waals surface area contributed by atoms with Crippen molar-refractivity contribution in [3.8, 4) is 0 Å². The van der Waals surface area contributed by atoms with Crippen LogP contribution in [0.25, 0.3) is 0 Å². The van der Waals surface area contributed by atoms with E-state index in [4.69, 9.17) is 0 Å². The van der Waals surface area contributed by atoms with E-state index in [2.05, 4.69) is 9.99 Å². The molecule has 0 radical (unpaired) electrons. The van der Waals surface area contributed by atoms with Crippen LogP contribution in [-0.4, -0.2) is 47.8 Å². The van der Waals surface area contributed by atoms with Gasteiger partial charge in [0.25, 0.3) is 5.92 Å². The summed E-state index contributed by atoms with van der Waals surface area (Å²) in [5.74, 6) is -5.10. The maximum Gasteiger partial charge on any atom is 0.428 e. The number of rotatable bonds is 3. The van der Waals surface area contributed by atoms with Crippen LogP contribution in [0.5, 0.6) is 0 Å². The number of hydrogen-bond donors (Lipinski definition) is 0. The molecule has 1 aliphatic carbocycles. The second-order valence-corrected chi connectivity index (χ2v) is 7.13. The van der Waals surface area contributed by atoms with Crippen LogP contribution in [0.2, 0.25) is 0 Å². The molecule has 2 fully saturated rings. The highest BCUT2D eigenvalue weighted by molar-refractivity contribution is 6.01. The third-order valence-corrected chi connectivity index (χ3v) is 5.09. The molecule has 1 aromatic rings. The first-order valence-electron chi connectivity index (χ1n) is 8.25. The standard InChI is InChI=1S/C17H14F6N2O2/c18-15(7-25(8-15)14(26)11-6-16(11,19)20)10-3-1-9(2-4-10)12-5-13(27-24-12)17(21,22)23/h1-4,11,13H,5-8H2. The van der Waals surface area contributed by atoms with Gasteiger partial charge in [-0.05, 0) is 11.1 Å². The third-order valence-electron chi connectivity index (χ3n) is 5.09. The number of carbonyl (C=O) groups is 1. The molecule has 27 heavy (non-hydrogen) atoms. The second kappa shape index (κ2) is 5.62. The first-order chi connectivity index (χ1) is 12.5. The smallest absolute Gasteiger partial charge is 0.382 e. The molecule has 1 amide bonds. The summed E-state index contributed by atoms with van der Waals surface area (Å²) < 4.78 is 78.6. The quantitative estimate of drug-likeness (QED) is 0.740. The molecule has 2 atom stereocenters. The molecule has 2 aliphatic heterocycles. The van der Waals surface area contributed by atoms with Crippen molar-refractivity contribution < 1.29 is 36.0 Å². The van der Waals surface area contributed by atoms with Crippen molar-refractivity contribution in [3.05, 3.63) is 35.4 Å². The first-order valence-corrected chi connectivity index (χ1v) is 8.25. The van der Waals surface area contributed by atoms with Crippen molar-refractivity contribution in [1.82, 2.24) is 4.90 Å². The number of hydrogen-bond acceptors (Lipinski definition) is 3. The van der Waals surface area contributed by atoms with E-state index in [1.165, 1.54) is 24.3 Å². The Morgan fingerprint density at radius 1 is 1.15 bits per heavy atom. The summed E-state index contributed by atoms with van der Waals surface area (Å²) >= 11 is 0. The van der Waals surface area contributed by atoms with Crippen LogP contribution in [0.4, 0.5) is 26.3 Å². The number of likely N-dealkylation sites (tertiary alicyclic amines) is 1. The van der Waals surface area contributed by atoms with Crippen molar-refractivity contribution >= 4 is 11.6 Å². The zero-order chi connectivity index (χ0) is 19.6. The number of carbonyl (C=O) groups excluding carboxylic acids is 1. The van der Waals surface area contributed by atoms with E-state index in [1.807, 2.05) is 0 Å². The summed E-state index contributed by atoms with van der Waals surface area (Å²) in [6.45, 7) is -0.643. The highest BCUT2D eigenvalue weighted by Gasteiger charge is 2.64. The van der Waals surface area contributed by atoms with Crippen LogP contribution >= 0.6 is 0 Å². The third kappa shape index (κ3) is 3.14. The van der Waals surface area contributed by atoms with Gasteiger partial charge in [-0.1, -0.05) is 29.4 Å². The monoisotopic (exact) mass is 392 g/mol. The zero-order valence-electron chi connectivity index (χ0n) is 13.8. The number of halogens is 6. The SMILES string of the molecule is O=C(C1CC1(F)F)N1CC(F)(c2ccc(C3=NOC(C(F)(F)F)C3)cc2)C1. The lowest BCUT2D eigenvalue weighted by atomic mass is 9.86. The molecule has 2 heterocycles. The van der Waals surface area contributed by atoms with Crippen molar-refractivity contribution in [1.29, 1.82) is 0 Å². The summed E-state index contributed by atoms with van der Waals surface area (Å²) in [6.07, 6.45) is -7.44. The van der Waals surface area contributed by atoms with Gasteiger partial charge in [0.1, 0.15) is 5.92 Å². The van der Waals surface area contributed by atoms with Crippen molar-refractivity contribution in [2.24, 2.45) is 11.1 Å². The molecule has 0 spiro atoms. The molecule has 4 rings (SSSR count). The minimum Gasteiger partial charge on any atom is -0.382 e. The molecule has 3 aliphatic rings. The lowest BCUT2D eigenvalue weighted by Crippen LogP contribution is -2.59. The number of nitrogens with zero attached hydrogens (tertiary/aromatic N) is 2. The lowest BCUT2D eigenvalue weighted by Gasteiger charge is -2.44. The fourth-order valence-electron chi connectivity index (χ4n) is 3.28.